The van der Waals surface area contributed by atoms with E-state index >= 15 is 0 Å². The van der Waals surface area contributed by atoms with E-state index in [1.807, 2.05) is 4.90 Å². The van der Waals surface area contributed by atoms with Gasteiger partial charge in [-0.25, -0.2) is 12.8 Å². The fourth-order valence-electron chi connectivity index (χ4n) is 4.61. The zero-order valence-electron chi connectivity index (χ0n) is 17.6. The largest absolute Gasteiger partial charge is 0.342 e. The van der Waals surface area contributed by atoms with Gasteiger partial charge < -0.3 is 9.80 Å². The SMILES string of the molecule is O=C(CN1CCN(C(=O)C2CCCN2S(=O)(=O)c2ccc(F)cc2)CC1)N1CCCC1. The maximum absolute atomic E-state index is 13.2. The third-order valence-corrected chi connectivity index (χ3v) is 8.33. The van der Waals surface area contributed by atoms with Crippen LogP contribution in [0.15, 0.2) is 29.2 Å². The van der Waals surface area contributed by atoms with Crippen molar-refractivity contribution in [2.45, 2.75) is 36.6 Å². The van der Waals surface area contributed by atoms with E-state index in [0.29, 0.717) is 45.6 Å². The molecule has 1 aromatic carbocycles. The standard InChI is InChI=1S/C21H29FN4O4S/c22-17-5-7-18(8-6-17)31(29,30)26-11-3-4-19(26)21(28)25-14-12-23(13-15-25)16-20(27)24-9-1-2-10-24/h5-8,19H,1-4,9-16H2. The molecule has 3 aliphatic rings. The van der Waals surface area contributed by atoms with Gasteiger partial charge in [-0.05, 0) is 49.9 Å². The van der Waals surface area contributed by atoms with E-state index in [2.05, 4.69) is 4.90 Å². The van der Waals surface area contributed by atoms with E-state index in [-0.39, 0.29) is 23.3 Å². The van der Waals surface area contributed by atoms with Crippen LogP contribution in [0.3, 0.4) is 0 Å². The summed E-state index contributed by atoms with van der Waals surface area (Å²) >= 11 is 0. The molecule has 31 heavy (non-hydrogen) atoms. The number of nitrogens with zero attached hydrogens (tertiary/aromatic N) is 4. The topological polar surface area (TPSA) is 81.2 Å². The van der Waals surface area contributed by atoms with Gasteiger partial charge in [-0.3, -0.25) is 14.5 Å². The highest BCUT2D eigenvalue weighted by Crippen LogP contribution is 2.27. The fraction of sp³-hybridized carbons (Fsp3) is 0.619. The second-order valence-corrected chi connectivity index (χ2v) is 10.3. The normalized spacial score (nSPS) is 23.5. The number of hydrogen-bond acceptors (Lipinski definition) is 5. The summed E-state index contributed by atoms with van der Waals surface area (Å²) in [5.41, 5.74) is 0. The quantitative estimate of drug-likeness (QED) is 0.659. The van der Waals surface area contributed by atoms with E-state index in [9.17, 15) is 22.4 Å². The molecule has 8 nitrogen and oxygen atoms in total. The second-order valence-electron chi connectivity index (χ2n) is 8.42. The summed E-state index contributed by atoms with van der Waals surface area (Å²) in [5, 5.41) is 0. The van der Waals surface area contributed by atoms with E-state index < -0.39 is 21.9 Å². The van der Waals surface area contributed by atoms with Crippen molar-refractivity contribution in [2.75, 3.05) is 52.4 Å². The number of sulfonamides is 1. The number of hydrogen-bond donors (Lipinski definition) is 0. The van der Waals surface area contributed by atoms with Gasteiger partial charge in [-0.15, -0.1) is 0 Å². The summed E-state index contributed by atoms with van der Waals surface area (Å²) in [6.07, 6.45) is 3.22. The van der Waals surface area contributed by atoms with Gasteiger partial charge in [-0.1, -0.05) is 0 Å². The minimum absolute atomic E-state index is 0.00107. The predicted octanol–water partition coefficient (Wildman–Crippen LogP) is 0.745. The maximum atomic E-state index is 13.2. The Morgan fingerprint density at radius 1 is 0.871 bits per heavy atom. The lowest BCUT2D eigenvalue weighted by molar-refractivity contribution is -0.137. The van der Waals surface area contributed by atoms with Crippen LogP contribution in [0.5, 0.6) is 0 Å². The van der Waals surface area contributed by atoms with Crippen LogP contribution in [0, 0.1) is 5.82 Å². The molecule has 0 spiro atoms. The molecule has 1 unspecified atom stereocenters. The van der Waals surface area contributed by atoms with E-state index in [1.54, 1.807) is 4.90 Å². The first-order valence-electron chi connectivity index (χ1n) is 10.9. The number of halogens is 1. The Morgan fingerprint density at radius 2 is 1.52 bits per heavy atom. The van der Waals surface area contributed by atoms with Crippen molar-refractivity contribution in [2.24, 2.45) is 0 Å². The molecule has 3 saturated heterocycles. The van der Waals surface area contributed by atoms with Crippen LogP contribution >= 0.6 is 0 Å². The third-order valence-electron chi connectivity index (χ3n) is 6.41. The Morgan fingerprint density at radius 3 is 2.16 bits per heavy atom. The molecule has 3 heterocycles. The van der Waals surface area contributed by atoms with Gasteiger partial charge in [0.2, 0.25) is 21.8 Å². The highest BCUT2D eigenvalue weighted by atomic mass is 32.2. The minimum atomic E-state index is -3.87. The number of carbonyl (C=O) groups is 2. The Kier molecular flexibility index (Phi) is 6.59. The van der Waals surface area contributed by atoms with Crippen LogP contribution in [-0.4, -0.2) is 97.6 Å². The van der Waals surface area contributed by atoms with Crippen LogP contribution in [0.2, 0.25) is 0 Å². The molecule has 3 aliphatic heterocycles. The van der Waals surface area contributed by atoms with Crippen LogP contribution in [0.4, 0.5) is 4.39 Å². The van der Waals surface area contributed by atoms with Crippen molar-refractivity contribution in [3.05, 3.63) is 30.1 Å². The molecule has 0 saturated carbocycles. The predicted molar refractivity (Wildman–Crippen MR) is 112 cm³/mol. The molecular formula is C21H29FN4O4S. The third kappa shape index (κ3) is 4.75. The van der Waals surface area contributed by atoms with E-state index in [0.717, 1.165) is 38.1 Å². The minimum Gasteiger partial charge on any atom is -0.342 e. The number of rotatable bonds is 5. The summed E-state index contributed by atoms with van der Waals surface area (Å²) in [5.74, 6) is -0.549. The van der Waals surface area contributed by atoms with Crippen molar-refractivity contribution in [1.82, 2.24) is 19.0 Å². The van der Waals surface area contributed by atoms with Gasteiger partial charge in [0.05, 0.1) is 11.4 Å². The number of piperazine rings is 1. The zero-order valence-corrected chi connectivity index (χ0v) is 18.4. The molecule has 170 valence electrons. The molecule has 4 rings (SSSR count). The van der Waals surface area contributed by atoms with Crippen molar-refractivity contribution in [3.63, 3.8) is 0 Å². The summed E-state index contributed by atoms with van der Waals surface area (Å²) in [6.45, 7) is 4.47. The fourth-order valence-corrected chi connectivity index (χ4v) is 6.26. The van der Waals surface area contributed by atoms with Crippen molar-refractivity contribution < 1.29 is 22.4 Å². The van der Waals surface area contributed by atoms with Gasteiger partial charge in [0, 0.05) is 45.8 Å². The second kappa shape index (κ2) is 9.22. The lowest BCUT2D eigenvalue weighted by Crippen LogP contribution is -2.55. The Hall–Kier alpha value is -2.04. The smallest absolute Gasteiger partial charge is 0.243 e. The number of benzene rings is 1. The monoisotopic (exact) mass is 452 g/mol. The highest BCUT2D eigenvalue weighted by molar-refractivity contribution is 7.89. The average Bonchev–Trinajstić information content (AvgIpc) is 3.47. The van der Waals surface area contributed by atoms with Gasteiger partial charge in [0.25, 0.3) is 0 Å². The van der Waals surface area contributed by atoms with Crippen LogP contribution in [-0.2, 0) is 19.6 Å². The molecule has 0 N–H and O–H groups in total. The van der Waals surface area contributed by atoms with Gasteiger partial charge in [-0.2, -0.15) is 4.31 Å². The van der Waals surface area contributed by atoms with Crippen LogP contribution in [0.1, 0.15) is 25.7 Å². The van der Waals surface area contributed by atoms with Crippen molar-refractivity contribution >= 4 is 21.8 Å². The molecule has 0 aliphatic carbocycles. The summed E-state index contributed by atoms with van der Waals surface area (Å²) in [4.78, 5) is 31.2. The molecule has 10 heteroatoms. The number of carbonyl (C=O) groups excluding carboxylic acids is 2. The summed E-state index contributed by atoms with van der Waals surface area (Å²) in [6, 6.07) is 3.97. The number of amides is 2. The highest BCUT2D eigenvalue weighted by Gasteiger charge is 2.41. The van der Waals surface area contributed by atoms with E-state index in [1.165, 1.54) is 16.4 Å². The Balaban J connectivity index is 1.35. The van der Waals surface area contributed by atoms with Crippen LogP contribution < -0.4 is 0 Å². The van der Waals surface area contributed by atoms with E-state index in [4.69, 9.17) is 0 Å². The molecule has 2 amide bonds. The van der Waals surface area contributed by atoms with Gasteiger partial charge >= 0.3 is 0 Å². The lowest BCUT2D eigenvalue weighted by atomic mass is 10.2. The van der Waals surface area contributed by atoms with Crippen LogP contribution in [0.25, 0.3) is 0 Å². The summed E-state index contributed by atoms with van der Waals surface area (Å²) in [7, 11) is -3.87. The molecule has 0 bridgehead atoms. The van der Waals surface area contributed by atoms with Crippen molar-refractivity contribution in [3.8, 4) is 0 Å². The first-order chi connectivity index (χ1) is 14.9. The Labute approximate surface area is 182 Å². The summed E-state index contributed by atoms with van der Waals surface area (Å²) < 4.78 is 40.5. The van der Waals surface area contributed by atoms with Gasteiger partial charge in [0.1, 0.15) is 11.9 Å². The molecule has 1 aromatic rings. The maximum Gasteiger partial charge on any atom is 0.243 e. The Bertz CT molecular complexity index is 910. The first kappa shape index (κ1) is 22.2. The van der Waals surface area contributed by atoms with Gasteiger partial charge in [0.15, 0.2) is 0 Å². The van der Waals surface area contributed by atoms with Crippen molar-refractivity contribution in [1.29, 1.82) is 0 Å². The molecule has 1 atom stereocenters. The first-order valence-corrected chi connectivity index (χ1v) is 12.4. The molecule has 3 fully saturated rings. The lowest BCUT2D eigenvalue weighted by Gasteiger charge is -2.37. The average molecular weight is 453 g/mol. The molecular weight excluding hydrogens is 423 g/mol. The zero-order chi connectivity index (χ0) is 22.0. The number of likely N-dealkylation sites (tertiary alicyclic amines) is 1. The molecule has 0 radical (unpaired) electrons. The molecule has 0 aromatic heterocycles.